The third-order valence-electron chi connectivity index (χ3n) is 4.26. The van der Waals surface area contributed by atoms with Gasteiger partial charge in [0.05, 0.1) is 17.8 Å². The Morgan fingerprint density at radius 1 is 1.04 bits per heavy atom. The standard InChI is InChI=1S/C18H23N5O/c24-17(23-15-7-3-1-2-4-8-15)14-11-20-18(21-12-14)22-13-16-9-5-6-10-19-16/h5-6,9-12,15H,1-4,7-8,13H2,(H,23,24)(H,20,21,22). The predicted molar refractivity (Wildman–Crippen MR) is 92.6 cm³/mol. The van der Waals surface area contributed by atoms with Gasteiger partial charge < -0.3 is 10.6 Å². The number of nitrogens with one attached hydrogen (secondary N) is 2. The van der Waals surface area contributed by atoms with Gasteiger partial charge in [0.1, 0.15) is 0 Å². The fourth-order valence-electron chi connectivity index (χ4n) is 2.90. The van der Waals surface area contributed by atoms with Crippen LogP contribution in [0.15, 0.2) is 36.8 Å². The summed E-state index contributed by atoms with van der Waals surface area (Å²) >= 11 is 0. The van der Waals surface area contributed by atoms with Crippen molar-refractivity contribution in [3.8, 4) is 0 Å². The van der Waals surface area contributed by atoms with Crippen molar-refractivity contribution in [3.05, 3.63) is 48.0 Å². The minimum Gasteiger partial charge on any atom is -0.349 e. The Labute approximate surface area is 142 Å². The third kappa shape index (κ3) is 4.75. The largest absolute Gasteiger partial charge is 0.349 e. The lowest BCUT2D eigenvalue weighted by atomic mass is 10.1. The van der Waals surface area contributed by atoms with E-state index in [1.165, 1.54) is 25.7 Å². The second-order valence-corrected chi connectivity index (χ2v) is 6.13. The SMILES string of the molecule is O=C(NC1CCCCCC1)c1cnc(NCc2ccccn2)nc1. The molecule has 0 radical (unpaired) electrons. The van der Waals surface area contributed by atoms with Crippen LogP contribution in [0.1, 0.15) is 54.6 Å². The summed E-state index contributed by atoms with van der Waals surface area (Å²) in [5.74, 6) is 0.407. The Bertz CT molecular complexity index is 636. The molecular weight excluding hydrogens is 302 g/mol. The van der Waals surface area contributed by atoms with Crippen LogP contribution in [0.25, 0.3) is 0 Å². The minimum atomic E-state index is -0.0850. The molecule has 1 fully saturated rings. The quantitative estimate of drug-likeness (QED) is 0.826. The second-order valence-electron chi connectivity index (χ2n) is 6.13. The molecule has 2 aromatic rings. The molecule has 1 amide bonds. The van der Waals surface area contributed by atoms with Gasteiger partial charge >= 0.3 is 0 Å². The van der Waals surface area contributed by atoms with Crippen LogP contribution in [0, 0.1) is 0 Å². The maximum Gasteiger partial charge on any atom is 0.254 e. The van der Waals surface area contributed by atoms with Crippen LogP contribution in [-0.4, -0.2) is 26.9 Å². The number of rotatable bonds is 5. The van der Waals surface area contributed by atoms with Gasteiger partial charge in [-0.15, -0.1) is 0 Å². The van der Waals surface area contributed by atoms with Crippen molar-refractivity contribution in [2.24, 2.45) is 0 Å². The van der Waals surface area contributed by atoms with Crippen molar-refractivity contribution in [1.29, 1.82) is 0 Å². The summed E-state index contributed by atoms with van der Waals surface area (Å²) in [6.45, 7) is 0.550. The van der Waals surface area contributed by atoms with Crippen LogP contribution >= 0.6 is 0 Å². The van der Waals surface area contributed by atoms with Crippen LogP contribution < -0.4 is 10.6 Å². The molecule has 1 aliphatic rings. The van der Waals surface area contributed by atoms with E-state index in [2.05, 4.69) is 25.6 Å². The lowest BCUT2D eigenvalue weighted by molar-refractivity contribution is 0.0932. The molecule has 1 aliphatic carbocycles. The Balaban J connectivity index is 1.52. The first-order chi connectivity index (χ1) is 11.8. The van der Waals surface area contributed by atoms with Gasteiger partial charge in [-0.05, 0) is 25.0 Å². The van der Waals surface area contributed by atoms with E-state index in [1.807, 2.05) is 18.2 Å². The molecular formula is C18H23N5O. The molecule has 2 heterocycles. The highest BCUT2D eigenvalue weighted by Crippen LogP contribution is 2.17. The number of carbonyl (C=O) groups is 1. The average molecular weight is 325 g/mol. The lowest BCUT2D eigenvalue weighted by Gasteiger charge is -2.16. The van der Waals surface area contributed by atoms with Crippen LogP contribution in [-0.2, 0) is 6.54 Å². The topological polar surface area (TPSA) is 79.8 Å². The minimum absolute atomic E-state index is 0.0850. The molecule has 0 atom stereocenters. The molecule has 2 N–H and O–H groups in total. The normalized spacial score (nSPS) is 15.5. The van der Waals surface area contributed by atoms with Crippen molar-refractivity contribution in [3.63, 3.8) is 0 Å². The van der Waals surface area contributed by atoms with Gasteiger partial charge in [0.15, 0.2) is 0 Å². The summed E-state index contributed by atoms with van der Waals surface area (Å²) in [7, 11) is 0. The molecule has 0 bridgehead atoms. The van der Waals surface area contributed by atoms with Crippen molar-refractivity contribution in [2.75, 3.05) is 5.32 Å². The van der Waals surface area contributed by atoms with E-state index in [0.29, 0.717) is 18.1 Å². The zero-order valence-electron chi connectivity index (χ0n) is 13.7. The van der Waals surface area contributed by atoms with Crippen LogP contribution in [0.4, 0.5) is 5.95 Å². The van der Waals surface area contributed by atoms with E-state index in [4.69, 9.17) is 0 Å². The third-order valence-corrected chi connectivity index (χ3v) is 4.26. The fourth-order valence-corrected chi connectivity index (χ4v) is 2.90. The number of carbonyl (C=O) groups excluding carboxylic acids is 1. The van der Waals surface area contributed by atoms with Crippen molar-refractivity contribution in [1.82, 2.24) is 20.3 Å². The van der Waals surface area contributed by atoms with E-state index >= 15 is 0 Å². The molecule has 6 nitrogen and oxygen atoms in total. The van der Waals surface area contributed by atoms with Gasteiger partial charge in [0, 0.05) is 24.6 Å². The number of hydrogen-bond acceptors (Lipinski definition) is 5. The summed E-state index contributed by atoms with van der Waals surface area (Å²) < 4.78 is 0. The molecule has 0 saturated heterocycles. The molecule has 126 valence electrons. The second kappa shape index (κ2) is 8.38. The maximum atomic E-state index is 12.3. The summed E-state index contributed by atoms with van der Waals surface area (Å²) in [6, 6.07) is 6.02. The van der Waals surface area contributed by atoms with Gasteiger partial charge in [0.2, 0.25) is 5.95 Å². The molecule has 2 aromatic heterocycles. The molecule has 0 unspecified atom stereocenters. The van der Waals surface area contributed by atoms with E-state index in [-0.39, 0.29) is 11.9 Å². The van der Waals surface area contributed by atoms with E-state index < -0.39 is 0 Å². The predicted octanol–water partition coefficient (Wildman–Crippen LogP) is 2.94. The fraction of sp³-hybridized carbons (Fsp3) is 0.444. The van der Waals surface area contributed by atoms with Gasteiger partial charge in [0.25, 0.3) is 5.91 Å². The molecule has 0 aromatic carbocycles. The molecule has 0 spiro atoms. The maximum absolute atomic E-state index is 12.3. The summed E-state index contributed by atoms with van der Waals surface area (Å²) in [5.41, 5.74) is 1.42. The van der Waals surface area contributed by atoms with Crippen LogP contribution in [0.2, 0.25) is 0 Å². The smallest absolute Gasteiger partial charge is 0.254 e. The number of aromatic nitrogens is 3. The highest BCUT2D eigenvalue weighted by molar-refractivity contribution is 5.93. The number of amides is 1. The van der Waals surface area contributed by atoms with Crippen LogP contribution in [0.3, 0.4) is 0 Å². The first-order valence-electron chi connectivity index (χ1n) is 8.58. The zero-order valence-corrected chi connectivity index (χ0v) is 13.7. The Morgan fingerprint density at radius 3 is 2.46 bits per heavy atom. The summed E-state index contributed by atoms with van der Waals surface area (Å²) in [5, 5.41) is 6.20. The van der Waals surface area contributed by atoms with Crippen molar-refractivity contribution in [2.45, 2.75) is 51.1 Å². The van der Waals surface area contributed by atoms with Gasteiger partial charge in [-0.3, -0.25) is 9.78 Å². The van der Waals surface area contributed by atoms with Crippen molar-refractivity contribution >= 4 is 11.9 Å². The van der Waals surface area contributed by atoms with E-state index in [9.17, 15) is 4.79 Å². The average Bonchev–Trinajstić information content (AvgIpc) is 2.90. The Morgan fingerprint density at radius 2 is 1.79 bits per heavy atom. The number of pyridine rings is 1. The molecule has 6 heteroatoms. The van der Waals surface area contributed by atoms with Crippen LogP contribution in [0.5, 0.6) is 0 Å². The van der Waals surface area contributed by atoms with Crippen molar-refractivity contribution < 1.29 is 4.79 Å². The number of hydrogen-bond donors (Lipinski definition) is 2. The number of nitrogens with zero attached hydrogens (tertiary/aromatic N) is 3. The first-order valence-corrected chi connectivity index (χ1v) is 8.58. The van der Waals surface area contributed by atoms with Gasteiger partial charge in [-0.2, -0.15) is 0 Å². The van der Waals surface area contributed by atoms with E-state index in [0.717, 1.165) is 18.5 Å². The van der Waals surface area contributed by atoms with E-state index in [1.54, 1.807) is 18.6 Å². The van der Waals surface area contributed by atoms with Gasteiger partial charge in [-0.25, -0.2) is 9.97 Å². The highest BCUT2D eigenvalue weighted by atomic mass is 16.1. The molecule has 24 heavy (non-hydrogen) atoms. The Hall–Kier alpha value is -2.50. The Kier molecular flexibility index (Phi) is 5.71. The molecule has 1 saturated carbocycles. The first kappa shape index (κ1) is 16.4. The number of anilines is 1. The van der Waals surface area contributed by atoms with Gasteiger partial charge in [-0.1, -0.05) is 31.7 Å². The zero-order chi connectivity index (χ0) is 16.6. The molecule has 3 rings (SSSR count). The molecule has 0 aliphatic heterocycles. The summed E-state index contributed by atoms with van der Waals surface area (Å²) in [6.07, 6.45) is 11.9. The monoisotopic (exact) mass is 325 g/mol. The lowest BCUT2D eigenvalue weighted by Crippen LogP contribution is -2.34. The summed E-state index contributed by atoms with van der Waals surface area (Å²) in [4.78, 5) is 25.0. The highest BCUT2D eigenvalue weighted by Gasteiger charge is 2.16.